The summed E-state index contributed by atoms with van der Waals surface area (Å²) in [5.41, 5.74) is 8.54. The summed E-state index contributed by atoms with van der Waals surface area (Å²) >= 11 is 6.90. The molecule has 0 unspecified atom stereocenters. The van der Waals surface area contributed by atoms with Gasteiger partial charge in [0, 0.05) is 38.3 Å². The van der Waals surface area contributed by atoms with E-state index in [-0.39, 0.29) is 5.91 Å². The van der Waals surface area contributed by atoms with Gasteiger partial charge in [0.15, 0.2) is 4.32 Å². The molecular formula is C29H28N4O3S2. The minimum Gasteiger partial charge on any atom is -0.457 e. The van der Waals surface area contributed by atoms with Gasteiger partial charge in [-0.05, 0) is 72.8 Å². The molecule has 0 aliphatic carbocycles. The number of anilines is 1. The van der Waals surface area contributed by atoms with Crippen molar-refractivity contribution in [3.63, 3.8) is 0 Å². The number of nitrogens with zero attached hydrogens (tertiary/aromatic N) is 3. The summed E-state index contributed by atoms with van der Waals surface area (Å²) in [7, 11) is 2.15. The molecule has 0 bridgehead atoms. The van der Waals surface area contributed by atoms with Crippen molar-refractivity contribution in [2.75, 3.05) is 38.1 Å². The summed E-state index contributed by atoms with van der Waals surface area (Å²) in [6.07, 6.45) is 1.85. The molecule has 2 heterocycles. The monoisotopic (exact) mass is 544 g/mol. The van der Waals surface area contributed by atoms with Gasteiger partial charge in [-0.15, -0.1) is 0 Å². The number of piperazine rings is 1. The summed E-state index contributed by atoms with van der Waals surface area (Å²) in [4.78, 5) is 31.5. The van der Waals surface area contributed by atoms with E-state index in [1.54, 1.807) is 29.2 Å². The molecular weight excluding hydrogens is 516 g/mol. The van der Waals surface area contributed by atoms with Gasteiger partial charge < -0.3 is 15.4 Å². The number of carbonyl (C=O) groups is 2. The molecule has 9 heteroatoms. The molecule has 2 aliphatic rings. The van der Waals surface area contributed by atoms with E-state index < -0.39 is 5.91 Å². The maximum absolute atomic E-state index is 13.3. The first-order chi connectivity index (χ1) is 18.4. The molecule has 194 valence electrons. The van der Waals surface area contributed by atoms with Crippen molar-refractivity contribution in [1.29, 1.82) is 0 Å². The van der Waals surface area contributed by atoms with Gasteiger partial charge in [-0.25, -0.2) is 0 Å². The first-order valence-electron chi connectivity index (χ1n) is 12.3. The Hall–Kier alpha value is -3.50. The minimum absolute atomic E-state index is 0.119. The van der Waals surface area contributed by atoms with Crippen molar-refractivity contribution in [2.24, 2.45) is 5.73 Å². The summed E-state index contributed by atoms with van der Waals surface area (Å²) in [6.45, 7) is 5.06. The maximum atomic E-state index is 13.3. The Labute approximate surface area is 231 Å². The number of carbonyl (C=O) groups excluding carboxylic acids is 2. The second-order valence-electron chi connectivity index (χ2n) is 9.33. The third kappa shape index (κ3) is 6.14. The molecule has 2 saturated heterocycles. The zero-order valence-electron chi connectivity index (χ0n) is 21.0. The number of primary amides is 1. The highest BCUT2D eigenvalue weighted by molar-refractivity contribution is 8.27. The van der Waals surface area contributed by atoms with E-state index in [1.807, 2.05) is 42.5 Å². The normalized spacial score (nSPS) is 17.8. The number of hydrogen-bond acceptors (Lipinski definition) is 7. The fourth-order valence-electron chi connectivity index (χ4n) is 4.36. The molecule has 2 N–H and O–H groups in total. The van der Waals surface area contributed by atoms with Gasteiger partial charge in [-0.3, -0.25) is 19.4 Å². The zero-order chi connectivity index (χ0) is 26.6. The van der Waals surface area contributed by atoms with Crippen LogP contribution in [0.1, 0.15) is 21.5 Å². The van der Waals surface area contributed by atoms with Crippen LogP contribution in [0.4, 0.5) is 5.69 Å². The Kier molecular flexibility index (Phi) is 7.90. The van der Waals surface area contributed by atoms with Crippen LogP contribution in [-0.2, 0) is 11.3 Å². The van der Waals surface area contributed by atoms with Gasteiger partial charge in [-0.2, -0.15) is 0 Å². The van der Waals surface area contributed by atoms with Gasteiger partial charge in [0.25, 0.3) is 5.91 Å². The first-order valence-corrected chi connectivity index (χ1v) is 13.5. The van der Waals surface area contributed by atoms with E-state index in [0.29, 0.717) is 26.3 Å². The van der Waals surface area contributed by atoms with E-state index in [2.05, 4.69) is 29.0 Å². The van der Waals surface area contributed by atoms with Crippen molar-refractivity contribution in [2.45, 2.75) is 6.54 Å². The lowest BCUT2D eigenvalue weighted by atomic mass is 10.1. The van der Waals surface area contributed by atoms with Crippen molar-refractivity contribution >= 4 is 51.9 Å². The smallest absolute Gasteiger partial charge is 0.270 e. The third-order valence-electron chi connectivity index (χ3n) is 6.52. The van der Waals surface area contributed by atoms with Crippen LogP contribution >= 0.6 is 24.0 Å². The van der Waals surface area contributed by atoms with Crippen LogP contribution < -0.4 is 15.4 Å². The third-order valence-corrected chi connectivity index (χ3v) is 7.82. The Bertz CT molecular complexity index is 1380. The number of hydrogen-bond donors (Lipinski definition) is 1. The molecule has 0 atom stereocenters. The molecule has 38 heavy (non-hydrogen) atoms. The Morgan fingerprint density at radius 2 is 1.66 bits per heavy atom. The average Bonchev–Trinajstić information content (AvgIpc) is 3.19. The van der Waals surface area contributed by atoms with Crippen molar-refractivity contribution in [1.82, 2.24) is 9.80 Å². The minimum atomic E-state index is -0.482. The summed E-state index contributed by atoms with van der Waals surface area (Å²) in [6, 6.07) is 22.1. The Morgan fingerprint density at radius 1 is 1.00 bits per heavy atom. The van der Waals surface area contributed by atoms with Crippen LogP contribution in [0.3, 0.4) is 0 Å². The fraction of sp³-hybridized carbons (Fsp3) is 0.207. The number of thioether (sulfide) groups is 1. The number of rotatable bonds is 7. The molecule has 2 fully saturated rings. The van der Waals surface area contributed by atoms with Crippen molar-refractivity contribution < 1.29 is 14.3 Å². The van der Waals surface area contributed by atoms with Crippen LogP contribution in [-0.4, -0.2) is 59.2 Å². The zero-order valence-corrected chi connectivity index (χ0v) is 22.6. The standard InChI is InChI=1S/C29H28N4O3S2/c1-31-13-15-32(16-14-31)19-21-3-2-4-23(17-21)33-28(35)26(38-29(33)37)18-20-5-9-24(10-6-20)36-25-11-7-22(8-12-25)27(30)34/h2-12,17-18H,13-16,19H2,1H3,(H2,30,34). The van der Waals surface area contributed by atoms with E-state index in [4.69, 9.17) is 22.7 Å². The van der Waals surface area contributed by atoms with E-state index in [9.17, 15) is 9.59 Å². The largest absolute Gasteiger partial charge is 0.457 e. The molecule has 5 rings (SSSR count). The lowest BCUT2D eigenvalue weighted by Gasteiger charge is -2.32. The molecule has 3 aromatic carbocycles. The first kappa shape index (κ1) is 26.1. The van der Waals surface area contributed by atoms with Gasteiger partial charge >= 0.3 is 0 Å². The molecule has 2 amide bonds. The second-order valence-corrected chi connectivity index (χ2v) is 11.0. The molecule has 2 aliphatic heterocycles. The Morgan fingerprint density at radius 3 is 2.32 bits per heavy atom. The van der Waals surface area contributed by atoms with E-state index in [1.165, 1.54) is 17.3 Å². The number of ether oxygens (including phenoxy) is 1. The van der Waals surface area contributed by atoms with E-state index in [0.717, 1.165) is 44.0 Å². The number of benzene rings is 3. The SMILES string of the molecule is CN1CCN(Cc2cccc(N3C(=O)C(=Cc4ccc(Oc5ccc(C(N)=O)cc5)cc4)SC3=S)c2)CC1. The second kappa shape index (κ2) is 11.5. The summed E-state index contributed by atoms with van der Waals surface area (Å²) < 4.78 is 6.37. The number of amides is 2. The van der Waals surface area contributed by atoms with Gasteiger partial charge in [0.1, 0.15) is 11.5 Å². The predicted octanol–water partition coefficient (Wildman–Crippen LogP) is 4.73. The molecule has 3 aromatic rings. The molecule has 0 spiro atoms. The molecule has 0 aromatic heterocycles. The molecule has 0 radical (unpaired) electrons. The lowest BCUT2D eigenvalue weighted by molar-refractivity contribution is -0.113. The van der Waals surface area contributed by atoms with Crippen molar-refractivity contribution in [3.8, 4) is 11.5 Å². The highest BCUT2D eigenvalue weighted by atomic mass is 32.2. The Balaban J connectivity index is 1.25. The number of likely N-dealkylation sites (N-methyl/N-ethyl adjacent to an activating group) is 1. The van der Waals surface area contributed by atoms with Crippen LogP contribution in [0.15, 0.2) is 77.7 Å². The topological polar surface area (TPSA) is 79.1 Å². The van der Waals surface area contributed by atoms with Gasteiger partial charge in [0.2, 0.25) is 5.91 Å². The number of thiocarbonyl (C=S) groups is 1. The predicted molar refractivity (Wildman–Crippen MR) is 156 cm³/mol. The lowest BCUT2D eigenvalue weighted by Crippen LogP contribution is -2.43. The average molecular weight is 545 g/mol. The van der Waals surface area contributed by atoms with Crippen molar-refractivity contribution in [3.05, 3.63) is 94.4 Å². The molecule has 7 nitrogen and oxygen atoms in total. The van der Waals surface area contributed by atoms with Gasteiger partial charge in [-0.1, -0.05) is 48.2 Å². The van der Waals surface area contributed by atoms with Gasteiger partial charge in [0.05, 0.1) is 10.6 Å². The van der Waals surface area contributed by atoms with Crippen LogP contribution in [0.5, 0.6) is 11.5 Å². The van der Waals surface area contributed by atoms with Crippen LogP contribution in [0.25, 0.3) is 6.08 Å². The van der Waals surface area contributed by atoms with Crippen LogP contribution in [0, 0.1) is 0 Å². The quantitative estimate of drug-likeness (QED) is 0.340. The summed E-state index contributed by atoms with van der Waals surface area (Å²) in [5, 5.41) is 0. The maximum Gasteiger partial charge on any atom is 0.270 e. The highest BCUT2D eigenvalue weighted by Gasteiger charge is 2.33. The highest BCUT2D eigenvalue weighted by Crippen LogP contribution is 2.36. The van der Waals surface area contributed by atoms with E-state index >= 15 is 0 Å². The summed E-state index contributed by atoms with van der Waals surface area (Å²) in [5.74, 6) is 0.633. The number of nitrogens with two attached hydrogens (primary N) is 1. The fourth-order valence-corrected chi connectivity index (χ4v) is 5.65. The molecule has 0 saturated carbocycles. The van der Waals surface area contributed by atoms with Crippen LogP contribution in [0.2, 0.25) is 0 Å².